The summed E-state index contributed by atoms with van der Waals surface area (Å²) in [6.07, 6.45) is 1.64. The van der Waals surface area contributed by atoms with Crippen molar-refractivity contribution in [1.29, 1.82) is 0 Å². The quantitative estimate of drug-likeness (QED) is 0.716. The number of anilines is 1. The van der Waals surface area contributed by atoms with E-state index in [1.165, 1.54) is 0 Å². The smallest absolute Gasteiger partial charge is 0.259 e. The zero-order valence-corrected chi connectivity index (χ0v) is 15.4. The molecule has 0 radical (unpaired) electrons. The van der Waals surface area contributed by atoms with Gasteiger partial charge in [0, 0.05) is 10.7 Å². The van der Waals surface area contributed by atoms with Crippen molar-refractivity contribution in [1.82, 2.24) is 15.1 Å². The maximum atomic E-state index is 5.63. The van der Waals surface area contributed by atoms with Crippen LogP contribution in [0.2, 0.25) is 0 Å². The Morgan fingerprint density at radius 2 is 1.83 bits per heavy atom. The number of nitrogens with two attached hydrogens (primary N) is 1. The van der Waals surface area contributed by atoms with E-state index in [1.807, 2.05) is 18.2 Å². The standard InChI is InChI=1S/C18H19BrN4O/c1-11(2)18(3,13-5-7-14(19)8-6-13)17-22-16(24-23-17)12-4-9-15(20)21-10-12/h4-11H,1-3H3,(H2,20,21). The van der Waals surface area contributed by atoms with Gasteiger partial charge in [-0.3, -0.25) is 0 Å². The van der Waals surface area contributed by atoms with Crippen LogP contribution < -0.4 is 5.73 Å². The summed E-state index contributed by atoms with van der Waals surface area (Å²) < 4.78 is 6.52. The Bertz CT molecular complexity index is 827. The molecule has 3 aromatic rings. The molecule has 0 aliphatic heterocycles. The van der Waals surface area contributed by atoms with Crippen LogP contribution in [0.5, 0.6) is 0 Å². The van der Waals surface area contributed by atoms with Crippen LogP contribution in [0.15, 0.2) is 51.6 Å². The van der Waals surface area contributed by atoms with Gasteiger partial charge in [0.15, 0.2) is 5.82 Å². The summed E-state index contributed by atoms with van der Waals surface area (Å²) in [5, 5.41) is 4.25. The molecule has 3 rings (SSSR count). The lowest BCUT2D eigenvalue weighted by Gasteiger charge is -2.31. The van der Waals surface area contributed by atoms with Crippen molar-refractivity contribution in [3.05, 3.63) is 58.5 Å². The number of halogens is 1. The largest absolute Gasteiger partial charge is 0.384 e. The van der Waals surface area contributed by atoms with Crippen molar-refractivity contribution in [2.24, 2.45) is 5.92 Å². The highest BCUT2D eigenvalue weighted by Crippen LogP contribution is 2.38. The zero-order chi connectivity index (χ0) is 17.3. The van der Waals surface area contributed by atoms with Gasteiger partial charge >= 0.3 is 0 Å². The summed E-state index contributed by atoms with van der Waals surface area (Å²) >= 11 is 3.48. The molecule has 0 spiro atoms. The van der Waals surface area contributed by atoms with Gasteiger partial charge in [-0.1, -0.05) is 47.1 Å². The van der Waals surface area contributed by atoms with E-state index in [9.17, 15) is 0 Å². The summed E-state index contributed by atoms with van der Waals surface area (Å²) in [6, 6.07) is 11.8. The Hall–Kier alpha value is -2.21. The van der Waals surface area contributed by atoms with E-state index in [0.29, 0.717) is 17.5 Å². The van der Waals surface area contributed by atoms with Gasteiger partial charge in [-0.2, -0.15) is 4.98 Å². The molecule has 1 aromatic carbocycles. The molecule has 0 bridgehead atoms. The molecular formula is C18H19BrN4O. The predicted molar refractivity (Wildman–Crippen MR) is 97.4 cm³/mol. The third-order valence-corrected chi connectivity index (χ3v) is 5.05. The molecule has 6 heteroatoms. The van der Waals surface area contributed by atoms with Crippen molar-refractivity contribution in [3.8, 4) is 11.5 Å². The van der Waals surface area contributed by atoms with Crippen LogP contribution in [0.1, 0.15) is 32.2 Å². The SMILES string of the molecule is CC(C)C(C)(c1ccc(Br)cc1)c1noc(-c2ccc(N)nc2)n1. The van der Waals surface area contributed by atoms with Crippen LogP contribution in [-0.4, -0.2) is 15.1 Å². The first-order valence-corrected chi connectivity index (χ1v) is 8.52. The number of hydrogen-bond acceptors (Lipinski definition) is 5. The predicted octanol–water partition coefficient (Wildman–Crippen LogP) is 4.44. The molecule has 0 saturated heterocycles. The van der Waals surface area contributed by atoms with Gasteiger partial charge in [-0.15, -0.1) is 0 Å². The fourth-order valence-corrected chi connectivity index (χ4v) is 2.86. The molecule has 0 aliphatic rings. The van der Waals surface area contributed by atoms with Gasteiger partial charge in [-0.05, 0) is 42.7 Å². The van der Waals surface area contributed by atoms with E-state index in [1.54, 1.807) is 12.3 Å². The summed E-state index contributed by atoms with van der Waals surface area (Å²) in [5.74, 6) is 1.85. The molecule has 24 heavy (non-hydrogen) atoms. The van der Waals surface area contributed by atoms with E-state index in [-0.39, 0.29) is 11.3 Å². The summed E-state index contributed by atoms with van der Waals surface area (Å²) in [5.41, 5.74) is 7.16. The number of nitrogen functional groups attached to an aromatic ring is 1. The summed E-state index contributed by atoms with van der Waals surface area (Å²) in [4.78, 5) is 8.71. The normalized spacial score (nSPS) is 13.9. The summed E-state index contributed by atoms with van der Waals surface area (Å²) in [6.45, 7) is 6.45. The molecule has 1 atom stereocenters. The Kier molecular flexibility index (Phi) is 4.41. The molecule has 1 unspecified atom stereocenters. The fraction of sp³-hybridized carbons (Fsp3) is 0.278. The average molecular weight is 387 g/mol. The molecule has 0 fully saturated rings. The lowest BCUT2D eigenvalue weighted by Crippen LogP contribution is -2.31. The first-order valence-electron chi connectivity index (χ1n) is 7.73. The minimum absolute atomic E-state index is 0.286. The monoisotopic (exact) mass is 386 g/mol. The minimum atomic E-state index is -0.357. The maximum Gasteiger partial charge on any atom is 0.259 e. The topological polar surface area (TPSA) is 77.8 Å². The highest BCUT2D eigenvalue weighted by Gasteiger charge is 2.37. The molecule has 2 heterocycles. The van der Waals surface area contributed by atoms with Crippen LogP contribution in [0.3, 0.4) is 0 Å². The van der Waals surface area contributed by atoms with E-state index < -0.39 is 0 Å². The molecule has 0 saturated carbocycles. The van der Waals surface area contributed by atoms with Crippen LogP contribution in [0, 0.1) is 5.92 Å². The van der Waals surface area contributed by atoms with Gasteiger partial charge in [0.25, 0.3) is 5.89 Å². The lowest BCUT2D eigenvalue weighted by molar-refractivity contribution is 0.350. The third kappa shape index (κ3) is 2.94. The van der Waals surface area contributed by atoms with Crippen LogP contribution in [0.4, 0.5) is 5.82 Å². The molecule has 2 aromatic heterocycles. The highest BCUT2D eigenvalue weighted by atomic mass is 79.9. The van der Waals surface area contributed by atoms with Crippen molar-refractivity contribution >= 4 is 21.7 Å². The second-order valence-corrected chi connectivity index (χ2v) is 7.17. The average Bonchev–Trinajstić information content (AvgIpc) is 3.05. The molecule has 0 amide bonds. The molecule has 124 valence electrons. The van der Waals surface area contributed by atoms with Crippen molar-refractivity contribution in [3.63, 3.8) is 0 Å². The molecular weight excluding hydrogens is 368 g/mol. The van der Waals surface area contributed by atoms with Crippen LogP contribution >= 0.6 is 15.9 Å². The Morgan fingerprint density at radius 1 is 1.12 bits per heavy atom. The van der Waals surface area contributed by atoms with Crippen molar-refractivity contribution < 1.29 is 4.52 Å². The third-order valence-electron chi connectivity index (χ3n) is 4.52. The highest BCUT2D eigenvalue weighted by molar-refractivity contribution is 9.10. The number of rotatable bonds is 4. The molecule has 5 nitrogen and oxygen atoms in total. The Morgan fingerprint density at radius 3 is 2.42 bits per heavy atom. The first-order chi connectivity index (χ1) is 11.4. The second-order valence-electron chi connectivity index (χ2n) is 6.26. The number of pyridine rings is 1. The van der Waals surface area contributed by atoms with E-state index in [0.717, 1.165) is 15.6 Å². The maximum absolute atomic E-state index is 5.63. The molecule has 2 N–H and O–H groups in total. The number of benzene rings is 1. The molecule has 0 aliphatic carbocycles. The number of nitrogens with zero attached hydrogens (tertiary/aromatic N) is 3. The second kappa shape index (κ2) is 6.36. The summed E-state index contributed by atoms with van der Waals surface area (Å²) in [7, 11) is 0. The zero-order valence-electron chi connectivity index (χ0n) is 13.8. The van der Waals surface area contributed by atoms with E-state index >= 15 is 0 Å². The van der Waals surface area contributed by atoms with Gasteiger partial charge in [0.1, 0.15) is 5.82 Å². The van der Waals surface area contributed by atoms with Crippen LogP contribution in [0.25, 0.3) is 11.5 Å². The number of aromatic nitrogens is 3. The van der Waals surface area contributed by atoms with E-state index in [2.05, 4.69) is 64.0 Å². The van der Waals surface area contributed by atoms with Crippen molar-refractivity contribution in [2.75, 3.05) is 5.73 Å². The van der Waals surface area contributed by atoms with Crippen molar-refractivity contribution in [2.45, 2.75) is 26.2 Å². The fourth-order valence-electron chi connectivity index (χ4n) is 2.60. The van der Waals surface area contributed by atoms with Gasteiger partial charge < -0.3 is 10.3 Å². The first kappa shape index (κ1) is 16.6. The van der Waals surface area contributed by atoms with Gasteiger partial charge in [0.05, 0.1) is 11.0 Å². The Balaban J connectivity index is 2.04. The number of hydrogen-bond donors (Lipinski definition) is 1. The van der Waals surface area contributed by atoms with Crippen LogP contribution in [-0.2, 0) is 5.41 Å². The lowest BCUT2D eigenvalue weighted by atomic mass is 9.73. The minimum Gasteiger partial charge on any atom is -0.384 e. The van der Waals surface area contributed by atoms with Gasteiger partial charge in [0.2, 0.25) is 0 Å². The Labute approximate surface area is 149 Å². The van der Waals surface area contributed by atoms with E-state index in [4.69, 9.17) is 10.3 Å². The van der Waals surface area contributed by atoms with Gasteiger partial charge in [-0.25, -0.2) is 4.98 Å².